The van der Waals surface area contributed by atoms with Crippen molar-refractivity contribution in [3.63, 3.8) is 0 Å². The number of carbonyl (C=O) groups is 1. The number of pyridine rings is 1. The number of hydrogen-bond donors (Lipinski definition) is 1. The third-order valence-corrected chi connectivity index (χ3v) is 3.30. The molecule has 1 aromatic heterocycles. The maximum Gasteiger partial charge on any atom is 0.229 e. The molecule has 0 aliphatic heterocycles. The highest BCUT2D eigenvalue weighted by atomic mass is 79.9. The molecule has 3 nitrogen and oxygen atoms in total. The average Bonchev–Trinajstić information content (AvgIpc) is 2.75. The van der Waals surface area contributed by atoms with Gasteiger partial charge in [-0.1, -0.05) is 29.8 Å². The minimum Gasteiger partial charge on any atom is -0.310 e. The summed E-state index contributed by atoms with van der Waals surface area (Å²) in [6, 6.07) is 3.63. The van der Waals surface area contributed by atoms with Gasteiger partial charge in [-0.25, -0.2) is 4.98 Å². The fourth-order valence-electron chi connectivity index (χ4n) is 1.60. The lowest BCUT2D eigenvalue weighted by Crippen LogP contribution is -2.17. The van der Waals surface area contributed by atoms with E-state index in [1.54, 1.807) is 12.3 Å². The second kappa shape index (κ2) is 3.59. The fourth-order valence-corrected chi connectivity index (χ4v) is 1.94. The van der Waals surface area contributed by atoms with E-state index in [-0.39, 0.29) is 17.2 Å². The summed E-state index contributed by atoms with van der Waals surface area (Å²) in [4.78, 5) is 15.8. The molecule has 1 unspecified atom stereocenters. The number of hydrogen-bond acceptors (Lipinski definition) is 2. The van der Waals surface area contributed by atoms with Crippen molar-refractivity contribution in [3.8, 4) is 0 Å². The molecule has 1 N–H and O–H groups in total. The standard InChI is InChI=1S/C11H13BrN2O/c1-11(2)6-8(11)10(15)14-9-5-7(12)3-4-13-9/h3-5,8H,6H2,1-2H3,(H,13,14,15). The van der Waals surface area contributed by atoms with Gasteiger partial charge in [0.05, 0.1) is 0 Å². The van der Waals surface area contributed by atoms with Crippen molar-refractivity contribution in [1.82, 2.24) is 4.98 Å². The van der Waals surface area contributed by atoms with E-state index >= 15 is 0 Å². The van der Waals surface area contributed by atoms with Crippen LogP contribution in [-0.4, -0.2) is 10.9 Å². The minimum atomic E-state index is 0.0746. The number of nitrogens with zero attached hydrogens (tertiary/aromatic N) is 1. The first-order valence-corrected chi connectivity index (χ1v) is 5.71. The van der Waals surface area contributed by atoms with E-state index in [0.717, 1.165) is 10.9 Å². The molecule has 0 spiro atoms. The minimum absolute atomic E-state index is 0.0746. The predicted molar refractivity (Wildman–Crippen MR) is 62.5 cm³/mol. The Hall–Kier alpha value is -0.900. The second-order valence-electron chi connectivity index (χ2n) is 4.59. The number of halogens is 1. The van der Waals surface area contributed by atoms with Crippen molar-refractivity contribution >= 4 is 27.7 Å². The first-order chi connectivity index (χ1) is 6.99. The average molecular weight is 269 g/mol. The quantitative estimate of drug-likeness (QED) is 0.897. The number of anilines is 1. The highest BCUT2D eigenvalue weighted by Gasteiger charge is 2.50. The van der Waals surface area contributed by atoms with E-state index in [0.29, 0.717) is 5.82 Å². The molecule has 1 fully saturated rings. The van der Waals surface area contributed by atoms with Gasteiger partial charge in [-0.2, -0.15) is 0 Å². The summed E-state index contributed by atoms with van der Waals surface area (Å²) in [5.74, 6) is 0.820. The van der Waals surface area contributed by atoms with Crippen molar-refractivity contribution < 1.29 is 4.79 Å². The van der Waals surface area contributed by atoms with Crippen LogP contribution >= 0.6 is 15.9 Å². The van der Waals surface area contributed by atoms with E-state index < -0.39 is 0 Å². The normalized spacial score (nSPS) is 22.2. The summed E-state index contributed by atoms with van der Waals surface area (Å²) in [5, 5.41) is 2.82. The zero-order chi connectivity index (χ0) is 11.1. The SMILES string of the molecule is CC1(C)CC1C(=O)Nc1cc(Br)ccn1. The topological polar surface area (TPSA) is 42.0 Å². The molecule has 1 heterocycles. The molecule has 1 atom stereocenters. The summed E-state index contributed by atoms with van der Waals surface area (Å²) >= 11 is 3.34. The van der Waals surface area contributed by atoms with Crippen molar-refractivity contribution in [1.29, 1.82) is 0 Å². The molecule has 1 amide bonds. The number of rotatable bonds is 2. The van der Waals surface area contributed by atoms with Crippen LogP contribution in [0.4, 0.5) is 5.82 Å². The molecule has 0 bridgehead atoms. The van der Waals surface area contributed by atoms with Crippen LogP contribution in [0.2, 0.25) is 0 Å². The molecule has 0 radical (unpaired) electrons. The van der Waals surface area contributed by atoms with E-state index in [4.69, 9.17) is 0 Å². The van der Waals surface area contributed by atoms with Crippen molar-refractivity contribution in [2.75, 3.05) is 5.32 Å². The van der Waals surface area contributed by atoms with Gasteiger partial charge >= 0.3 is 0 Å². The molecular weight excluding hydrogens is 256 g/mol. The Morgan fingerprint density at radius 1 is 1.67 bits per heavy atom. The second-order valence-corrected chi connectivity index (χ2v) is 5.51. The van der Waals surface area contributed by atoms with Crippen molar-refractivity contribution in [2.45, 2.75) is 20.3 Å². The van der Waals surface area contributed by atoms with E-state index in [1.807, 2.05) is 6.07 Å². The van der Waals surface area contributed by atoms with E-state index in [2.05, 4.69) is 40.1 Å². The van der Waals surface area contributed by atoms with Crippen molar-refractivity contribution in [2.24, 2.45) is 11.3 Å². The summed E-state index contributed by atoms with van der Waals surface area (Å²) in [7, 11) is 0. The van der Waals surface area contributed by atoms with Gasteiger partial charge in [0, 0.05) is 16.6 Å². The Bertz CT molecular complexity index is 403. The van der Waals surface area contributed by atoms with Crippen molar-refractivity contribution in [3.05, 3.63) is 22.8 Å². The molecule has 0 aromatic carbocycles. The monoisotopic (exact) mass is 268 g/mol. The lowest BCUT2D eigenvalue weighted by atomic mass is 10.1. The Morgan fingerprint density at radius 2 is 2.33 bits per heavy atom. The molecule has 0 saturated heterocycles. The molecule has 15 heavy (non-hydrogen) atoms. The Balaban J connectivity index is 2.01. The number of aromatic nitrogens is 1. The summed E-state index contributed by atoms with van der Waals surface area (Å²) in [6.45, 7) is 4.21. The van der Waals surface area contributed by atoms with Crippen LogP contribution in [0.3, 0.4) is 0 Å². The number of nitrogens with one attached hydrogen (secondary N) is 1. The summed E-state index contributed by atoms with van der Waals surface area (Å²) < 4.78 is 0.919. The smallest absolute Gasteiger partial charge is 0.229 e. The molecule has 1 aromatic rings. The zero-order valence-electron chi connectivity index (χ0n) is 8.75. The third-order valence-electron chi connectivity index (χ3n) is 2.80. The van der Waals surface area contributed by atoms with Gasteiger partial charge in [-0.05, 0) is 24.0 Å². The van der Waals surface area contributed by atoms with Crippen LogP contribution in [0.15, 0.2) is 22.8 Å². The van der Waals surface area contributed by atoms with Crippen LogP contribution in [-0.2, 0) is 4.79 Å². The third kappa shape index (κ3) is 2.37. The van der Waals surface area contributed by atoms with Gasteiger partial charge in [-0.15, -0.1) is 0 Å². The molecule has 80 valence electrons. The lowest BCUT2D eigenvalue weighted by molar-refractivity contribution is -0.118. The molecule has 4 heteroatoms. The summed E-state index contributed by atoms with van der Waals surface area (Å²) in [6.07, 6.45) is 2.63. The van der Waals surface area contributed by atoms with E-state index in [9.17, 15) is 4.79 Å². The zero-order valence-corrected chi connectivity index (χ0v) is 10.3. The lowest BCUT2D eigenvalue weighted by Gasteiger charge is -2.05. The number of amides is 1. The van der Waals surface area contributed by atoms with E-state index in [1.165, 1.54) is 0 Å². The van der Waals surface area contributed by atoms with Crippen LogP contribution in [0, 0.1) is 11.3 Å². The summed E-state index contributed by atoms with van der Waals surface area (Å²) in [5.41, 5.74) is 0.163. The van der Waals surface area contributed by atoms with Gasteiger partial charge in [0.2, 0.25) is 5.91 Å². The van der Waals surface area contributed by atoms with Gasteiger partial charge in [0.25, 0.3) is 0 Å². The molecule has 1 saturated carbocycles. The maximum atomic E-state index is 11.7. The largest absolute Gasteiger partial charge is 0.310 e. The Labute approximate surface area is 97.4 Å². The van der Waals surface area contributed by atoms with Crippen LogP contribution in [0.5, 0.6) is 0 Å². The first-order valence-electron chi connectivity index (χ1n) is 4.91. The number of carbonyl (C=O) groups excluding carboxylic acids is 1. The van der Waals surface area contributed by atoms with Gasteiger partial charge in [0.15, 0.2) is 0 Å². The predicted octanol–water partition coefficient (Wildman–Crippen LogP) is 2.83. The molecule has 2 rings (SSSR count). The fraction of sp³-hybridized carbons (Fsp3) is 0.455. The van der Waals surface area contributed by atoms with Gasteiger partial charge in [0.1, 0.15) is 5.82 Å². The van der Waals surface area contributed by atoms with Crippen LogP contribution in [0.25, 0.3) is 0 Å². The molecular formula is C11H13BrN2O. The maximum absolute atomic E-state index is 11.7. The first kappa shape index (κ1) is 10.6. The van der Waals surface area contributed by atoms with Gasteiger partial charge in [-0.3, -0.25) is 4.79 Å². The Kier molecular flexibility index (Phi) is 2.54. The van der Waals surface area contributed by atoms with Crippen LogP contribution < -0.4 is 5.32 Å². The highest BCUT2D eigenvalue weighted by molar-refractivity contribution is 9.10. The molecule has 1 aliphatic carbocycles. The van der Waals surface area contributed by atoms with Crippen LogP contribution in [0.1, 0.15) is 20.3 Å². The highest BCUT2D eigenvalue weighted by Crippen LogP contribution is 2.51. The van der Waals surface area contributed by atoms with Gasteiger partial charge < -0.3 is 5.32 Å². The molecule has 1 aliphatic rings. The Morgan fingerprint density at radius 3 is 2.87 bits per heavy atom.